The van der Waals surface area contributed by atoms with Gasteiger partial charge >= 0.3 is 63.8 Å². The van der Waals surface area contributed by atoms with Gasteiger partial charge in [-0.3, -0.25) is 0 Å². The van der Waals surface area contributed by atoms with E-state index in [0.29, 0.717) is 0 Å². The van der Waals surface area contributed by atoms with E-state index in [1.54, 1.807) is 4.44 Å². The Bertz CT molecular complexity index is 61.5. The van der Waals surface area contributed by atoms with E-state index in [1.165, 1.54) is 12.8 Å². The molecule has 0 aromatic rings. The minimum absolute atomic E-state index is 1.13. The molecule has 0 amide bonds. The molecule has 1 heteroatoms. The van der Waals surface area contributed by atoms with Crippen molar-refractivity contribution in [1.29, 1.82) is 0 Å². The van der Waals surface area contributed by atoms with Crippen LogP contribution >= 0.6 is 0 Å². The van der Waals surface area contributed by atoms with Gasteiger partial charge in [0.05, 0.1) is 0 Å². The monoisotopic (exact) mass is 235 g/mol. The van der Waals surface area contributed by atoms with Crippen LogP contribution in [0.2, 0.25) is 19.3 Å². The zero-order valence-corrected chi connectivity index (χ0v) is 9.89. The molecule has 0 aliphatic rings. The van der Waals surface area contributed by atoms with E-state index in [9.17, 15) is 0 Å². The van der Waals surface area contributed by atoms with Gasteiger partial charge in [0.15, 0.2) is 0 Å². The van der Waals surface area contributed by atoms with Crippen LogP contribution in [0.3, 0.4) is 0 Å². The second kappa shape index (κ2) is 4.59. The molecule has 0 aromatic carbocycles. The summed E-state index contributed by atoms with van der Waals surface area (Å²) in [6.07, 6.45) is 3.90. The van der Waals surface area contributed by atoms with E-state index in [-0.39, 0.29) is 0 Å². The molecular weight excluding hydrogens is 215 g/mol. The fourth-order valence-corrected chi connectivity index (χ4v) is 4.57. The van der Waals surface area contributed by atoms with Gasteiger partial charge in [0.2, 0.25) is 0 Å². The number of hydrogen-bond donors (Lipinski definition) is 0. The topological polar surface area (TPSA) is 0 Å². The molecule has 9 heavy (non-hydrogen) atoms. The standard InChI is InChI=1S/C5H10.3CH3.Sn/c1-3-5-4-2;;;;/h1-5H2;3*1H3;. The third kappa shape index (κ3) is 8.80. The Morgan fingerprint density at radius 3 is 2.00 bits per heavy atom. The van der Waals surface area contributed by atoms with Crippen molar-refractivity contribution < 1.29 is 0 Å². The fraction of sp³-hybridized carbons (Fsp3) is 0.875. The normalized spacial score (nSPS) is 12.0. The number of rotatable bonds is 4. The molecule has 0 rings (SSSR count). The zero-order valence-electron chi connectivity index (χ0n) is 7.04. The average molecular weight is 234 g/mol. The van der Waals surface area contributed by atoms with Crippen LogP contribution in [0.1, 0.15) is 19.3 Å². The summed E-state index contributed by atoms with van der Waals surface area (Å²) in [6.45, 7) is 3.83. The molecular formula is C8H19Sn. The van der Waals surface area contributed by atoms with Gasteiger partial charge in [0.25, 0.3) is 0 Å². The van der Waals surface area contributed by atoms with E-state index in [2.05, 4.69) is 21.7 Å². The van der Waals surface area contributed by atoms with Crippen molar-refractivity contribution in [2.75, 3.05) is 0 Å². The van der Waals surface area contributed by atoms with Crippen LogP contribution in [0.25, 0.3) is 0 Å². The molecule has 0 atom stereocenters. The van der Waals surface area contributed by atoms with E-state index in [1.807, 2.05) is 0 Å². The Labute approximate surface area is 63.9 Å². The number of hydrogen-bond acceptors (Lipinski definition) is 0. The van der Waals surface area contributed by atoms with Gasteiger partial charge in [-0.05, 0) is 0 Å². The maximum absolute atomic E-state index is 3.83. The van der Waals surface area contributed by atoms with Gasteiger partial charge in [0.1, 0.15) is 0 Å². The van der Waals surface area contributed by atoms with Crippen LogP contribution < -0.4 is 0 Å². The Balaban J connectivity index is 3.07. The summed E-state index contributed by atoms with van der Waals surface area (Å²) in [4.78, 5) is 7.49. The first-order chi connectivity index (χ1) is 4.06. The molecule has 0 fully saturated rings. The molecule has 0 aromatic heterocycles. The Morgan fingerprint density at radius 2 is 1.67 bits per heavy atom. The summed E-state index contributed by atoms with van der Waals surface area (Å²) >= 11 is -1.36. The molecule has 0 bridgehead atoms. The predicted molar refractivity (Wildman–Crippen MR) is 47.4 cm³/mol. The first kappa shape index (κ1) is 9.80. The number of unbranched alkanes of at least 4 members (excludes halogenated alkanes) is 2. The van der Waals surface area contributed by atoms with E-state index in [4.69, 9.17) is 0 Å². The van der Waals surface area contributed by atoms with Gasteiger partial charge in [-0.15, -0.1) is 0 Å². The summed E-state index contributed by atoms with van der Waals surface area (Å²) in [7, 11) is 0. The average Bonchev–Trinajstić information content (AvgIpc) is 1.63. The Morgan fingerprint density at radius 1 is 1.11 bits per heavy atom. The third-order valence-corrected chi connectivity index (χ3v) is 6.72. The van der Waals surface area contributed by atoms with Crippen LogP contribution in [0.4, 0.5) is 0 Å². The van der Waals surface area contributed by atoms with Crippen LogP contribution in [0.5, 0.6) is 0 Å². The first-order valence-corrected chi connectivity index (χ1v) is 14.4. The van der Waals surface area contributed by atoms with Gasteiger partial charge in [-0.2, -0.15) is 0 Å². The minimum atomic E-state index is -1.36. The van der Waals surface area contributed by atoms with Crippen LogP contribution in [-0.2, 0) is 0 Å². The van der Waals surface area contributed by atoms with Gasteiger partial charge in [-0.25, -0.2) is 0 Å². The first-order valence-electron chi connectivity index (χ1n) is 3.85. The molecule has 0 N–H and O–H groups in total. The van der Waals surface area contributed by atoms with Gasteiger partial charge < -0.3 is 0 Å². The SMILES string of the molecule is [CH2]CCC[CH2][Sn]([CH3])([CH3])[CH3]. The molecule has 0 heterocycles. The Kier molecular flexibility index (Phi) is 5.00. The predicted octanol–water partition coefficient (Wildman–Crippen LogP) is 3.33. The van der Waals surface area contributed by atoms with Gasteiger partial charge in [-0.1, -0.05) is 0 Å². The zero-order chi connectivity index (χ0) is 7.33. The molecule has 0 aliphatic carbocycles. The quantitative estimate of drug-likeness (QED) is 0.516. The Hall–Kier alpha value is 0.799. The molecule has 0 saturated heterocycles. The van der Waals surface area contributed by atoms with Crippen LogP contribution in [0, 0.1) is 6.92 Å². The molecule has 0 unspecified atom stereocenters. The van der Waals surface area contributed by atoms with Crippen molar-refractivity contribution in [3.8, 4) is 0 Å². The van der Waals surface area contributed by atoms with Crippen molar-refractivity contribution in [2.45, 2.75) is 38.5 Å². The van der Waals surface area contributed by atoms with Crippen LogP contribution in [-0.4, -0.2) is 18.4 Å². The third-order valence-electron chi connectivity index (χ3n) is 1.43. The molecule has 1 radical (unpaired) electrons. The molecule has 0 aliphatic heterocycles. The van der Waals surface area contributed by atoms with Crippen molar-refractivity contribution >= 4 is 18.4 Å². The molecule has 55 valence electrons. The van der Waals surface area contributed by atoms with Crippen molar-refractivity contribution in [1.82, 2.24) is 0 Å². The molecule has 0 nitrogen and oxygen atoms in total. The van der Waals surface area contributed by atoms with Crippen molar-refractivity contribution in [3.63, 3.8) is 0 Å². The summed E-state index contributed by atoms with van der Waals surface area (Å²) in [6, 6.07) is 0. The second-order valence-corrected chi connectivity index (χ2v) is 19.9. The van der Waals surface area contributed by atoms with Crippen molar-refractivity contribution in [3.05, 3.63) is 6.92 Å². The second-order valence-electron chi connectivity index (χ2n) is 3.87. The fourth-order valence-electron chi connectivity index (χ4n) is 0.832. The maximum atomic E-state index is 3.83. The molecule has 0 spiro atoms. The van der Waals surface area contributed by atoms with Gasteiger partial charge in [0, 0.05) is 0 Å². The summed E-state index contributed by atoms with van der Waals surface area (Å²) < 4.78 is 1.55. The van der Waals surface area contributed by atoms with Crippen LogP contribution in [0.15, 0.2) is 0 Å². The van der Waals surface area contributed by atoms with E-state index >= 15 is 0 Å². The molecule has 0 saturated carbocycles. The van der Waals surface area contributed by atoms with E-state index in [0.717, 1.165) is 6.42 Å². The summed E-state index contributed by atoms with van der Waals surface area (Å²) in [5.74, 6) is 0. The summed E-state index contributed by atoms with van der Waals surface area (Å²) in [5.41, 5.74) is 0. The summed E-state index contributed by atoms with van der Waals surface area (Å²) in [5, 5.41) is 0. The van der Waals surface area contributed by atoms with Crippen molar-refractivity contribution in [2.24, 2.45) is 0 Å². The van der Waals surface area contributed by atoms with E-state index < -0.39 is 18.4 Å².